The standard InChI is InChI=1S/C16H18N2O4S/c1-2-3-6-11(16(21)22)17-14(19)9-18-12-7-4-5-8-13(12)23-10-15(18)20/h2-5,7-8,11H,6,9-10H2,1H3,(H,17,19)(H,21,22)/b3-2+. The number of amides is 2. The van der Waals surface area contributed by atoms with Gasteiger partial charge in [0.25, 0.3) is 0 Å². The number of carboxylic acids is 1. The molecule has 1 heterocycles. The third kappa shape index (κ3) is 4.35. The lowest BCUT2D eigenvalue weighted by atomic mass is 10.2. The molecule has 2 rings (SSSR count). The van der Waals surface area contributed by atoms with Crippen molar-refractivity contribution in [3.63, 3.8) is 0 Å². The summed E-state index contributed by atoms with van der Waals surface area (Å²) in [6.45, 7) is 1.59. The molecule has 1 atom stereocenters. The first-order valence-corrected chi connectivity index (χ1v) is 8.17. The number of carbonyl (C=O) groups is 3. The smallest absolute Gasteiger partial charge is 0.326 e. The maximum atomic E-state index is 12.1. The molecule has 7 heteroatoms. The van der Waals surface area contributed by atoms with Gasteiger partial charge < -0.3 is 15.3 Å². The molecule has 1 aliphatic heterocycles. The van der Waals surface area contributed by atoms with Crippen LogP contribution in [0.15, 0.2) is 41.3 Å². The fraction of sp³-hybridized carbons (Fsp3) is 0.312. The Morgan fingerprint density at radius 2 is 2.17 bits per heavy atom. The molecule has 0 saturated carbocycles. The van der Waals surface area contributed by atoms with Crippen LogP contribution in [0.25, 0.3) is 0 Å². The van der Waals surface area contributed by atoms with Gasteiger partial charge in [0.15, 0.2) is 0 Å². The first-order valence-electron chi connectivity index (χ1n) is 7.18. The Morgan fingerprint density at radius 3 is 2.87 bits per heavy atom. The Morgan fingerprint density at radius 1 is 1.43 bits per heavy atom. The molecule has 0 aliphatic carbocycles. The van der Waals surface area contributed by atoms with Crippen molar-refractivity contribution >= 4 is 35.2 Å². The van der Waals surface area contributed by atoms with E-state index in [2.05, 4.69) is 5.32 Å². The molecule has 122 valence electrons. The van der Waals surface area contributed by atoms with Crippen molar-refractivity contribution in [2.24, 2.45) is 0 Å². The van der Waals surface area contributed by atoms with E-state index in [0.717, 1.165) is 4.90 Å². The SMILES string of the molecule is C/C=C/CC(NC(=O)CN1C(=O)CSc2ccccc21)C(=O)O. The third-order valence-corrected chi connectivity index (χ3v) is 4.40. The Hall–Kier alpha value is -2.28. The highest BCUT2D eigenvalue weighted by molar-refractivity contribution is 8.00. The molecule has 0 fully saturated rings. The van der Waals surface area contributed by atoms with E-state index in [1.54, 1.807) is 31.2 Å². The van der Waals surface area contributed by atoms with Crippen molar-refractivity contribution in [3.05, 3.63) is 36.4 Å². The van der Waals surface area contributed by atoms with Gasteiger partial charge in [-0.1, -0.05) is 24.3 Å². The van der Waals surface area contributed by atoms with Crippen LogP contribution in [0.2, 0.25) is 0 Å². The van der Waals surface area contributed by atoms with Gasteiger partial charge in [-0.15, -0.1) is 11.8 Å². The van der Waals surface area contributed by atoms with Crippen LogP contribution in [0.4, 0.5) is 5.69 Å². The first-order chi connectivity index (χ1) is 11.0. The summed E-state index contributed by atoms with van der Waals surface area (Å²) in [6.07, 6.45) is 3.61. The highest BCUT2D eigenvalue weighted by atomic mass is 32.2. The van der Waals surface area contributed by atoms with Crippen LogP contribution in [-0.2, 0) is 14.4 Å². The fourth-order valence-corrected chi connectivity index (χ4v) is 3.14. The number of carboxylic acid groups (broad SMARTS) is 1. The summed E-state index contributed by atoms with van der Waals surface area (Å²) in [5.74, 6) is -1.48. The zero-order valence-electron chi connectivity index (χ0n) is 12.7. The minimum Gasteiger partial charge on any atom is -0.480 e. The van der Waals surface area contributed by atoms with Gasteiger partial charge in [-0.2, -0.15) is 0 Å². The van der Waals surface area contributed by atoms with Gasteiger partial charge in [-0.05, 0) is 25.5 Å². The molecule has 0 spiro atoms. The number of allylic oxidation sites excluding steroid dienone is 1. The van der Waals surface area contributed by atoms with Gasteiger partial charge >= 0.3 is 5.97 Å². The number of nitrogens with one attached hydrogen (secondary N) is 1. The molecule has 0 radical (unpaired) electrons. The molecular formula is C16H18N2O4S. The number of thioether (sulfide) groups is 1. The minimum absolute atomic E-state index is 0.163. The lowest BCUT2D eigenvalue weighted by molar-refractivity contribution is -0.141. The maximum Gasteiger partial charge on any atom is 0.326 e. The second kappa shape index (κ2) is 7.82. The zero-order chi connectivity index (χ0) is 16.8. The van der Waals surface area contributed by atoms with Gasteiger partial charge in [0.1, 0.15) is 12.6 Å². The van der Waals surface area contributed by atoms with E-state index in [9.17, 15) is 14.4 Å². The van der Waals surface area contributed by atoms with E-state index in [1.165, 1.54) is 16.7 Å². The van der Waals surface area contributed by atoms with E-state index >= 15 is 0 Å². The van der Waals surface area contributed by atoms with Crippen LogP contribution < -0.4 is 10.2 Å². The maximum absolute atomic E-state index is 12.1. The van der Waals surface area contributed by atoms with Crippen molar-refractivity contribution in [2.75, 3.05) is 17.2 Å². The second-order valence-electron chi connectivity index (χ2n) is 5.00. The van der Waals surface area contributed by atoms with Crippen LogP contribution >= 0.6 is 11.8 Å². The predicted molar refractivity (Wildman–Crippen MR) is 88.5 cm³/mol. The molecule has 2 amide bonds. The number of benzene rings is 1. The molecule has 0 saturated heterocycles. The van der Waals surface area contributed by atoms with Crippen molar-refractivity contribution in [2.45, 2.75) is 24.3 Å². The summed E-state index contributed by atoms with van der Waals surface area (Å²) in [5, 5.41) is 11.6. The average molecular weight is 334 g/mol. The number of hydrogen-bond donors (Lipinski definition) is 2. The Bertz CT molecular complexity index is 645. The number of aliphatic carboxylic acids is 1. The van der Waals surface area contributed by atoms with Crippen LogP contribution in [0.5, 0.6) is 0 Å². The topological polar surface area (TPSA) is 86.7 Å². The highest BCUT2D eigenvalue weighted by Crippen LogP contribution is 2.34. The van der Waals surface area contributed by atoms with Crippen LogP contribution in [0.1, 0.15) is 13.3 Å². The Balaban J connectivity index is 2.07. The molecule has 2 N–H and O–H groups in total. The number of para-hydroxylation sites is 1. The molecule has 0 bridgehead atoms. The molecule has 23 heavy (non-hydrogen) atoms. The summed E-state index contributed by atoms with van der Waals surface area (Å²) < 4.78 is 0. The van der Waals surface area contributed by atoms with Gasteiger partial charge in [0.05, 0.1) is 11.4 Å². The zero-order valence-corrected chi connectivity index (χ0v) is 13.5. The minimum atomic E-state index is -1.10. The number of hydrogen-bond acceptors (Lipinski definition) is 4. The van der Waals surface area contributed by atoms with Crippen molar-refractivity contribution in [3.8, 4) is 0 Å². The second-order valence-corrected chi connectivity index (χ2v) is 6.02. The van der Waals surface area contributed by atoms with Crippen LogP contribution in [0.3, 0.4) is 0 Å². The van der Waals surface area contributed by atoms with Gasteiger partial charge in [0, 0.05) is 4.90 Å². The lowest BCUT2D eigenvalue weighted by Crippen LogP contribution is -2.48. The quantitative estimate of drug-likeness (QED) is 0.773. The summed E-state index contributed by atoms with van der Waals surface area (Å²) in [4.78, 5) is 37.7. The van der Waals surface area contributed by atoms with Crippen molar-refractivity contribution < 1.29 is 19.5 Å². The normalized spacial score (nSPS) is 15.3. The molecule has 1 aromatic carbocycles. The number of fused-ring (bicyclic) bond motifs is 1. The molecule has 1 unspecified atom stereocenters. The lowest BCUT2D eigenvalue weighted by Gasteiger charge is -2.28. The van der Waals surface area contributed by atoms with Crippen molar-refractivity contribution in [1.29, 1.82) is 0 Å². The van der Waals surface area contributed by atoms with Crippen LogP contribution in [-0.4, -0.2) is 41.2 Å². The van der Waals surface area contributed by atoms with E-state index in [1.807, 2.05) is 12.1 Å². The van der Waals surface area contributed by atoms with Gasteiger partial charge in [-0.25, -0.2) is 4.79 Å². The fourth-order valence-electron chi connectivity index (χ4n) is 2.20. The van der Waals surface area contributed by atoms with Crippen molar-refractivity contribution in [1.82, 2.24) is 5.32 Å². The van der Waals surface area contributed by atoms with E-state index in [4.69, 9.17) is 5.11 Å². The van der Waals surface area contributed by atoms with Gasteiger partial charge in [0.2, 0.25) is 11.8 Å². The molecule has 1 aromatic rings. The number of nitrogens with zero attached hydrogens (tertiary/aromatic N) is 1. The molecule has 0 aromatic heterocycles. The van der Waals surface area contributed by atoms with Crippen LogP contribution in [0, 0.1) is 0 Å². The highest BCUT2D eigenvalue weighted by Gasteiger charge is 2.27. The number of anilines is 1. The Kier molecular flexibility index (Phi) is 5.81. The van der Waals surface area contributed by atoms with E-state index < -0.39 is 17.9 Å². The summed E-state index contributed by atoms with van der Waals surface area (Å²) in [5.41, 5.74) is 0.684. The number of carbonyl (C=O) groups excluding carboxylic acids is 2. The summed E-state index contributed by atoms with van der Waals surface area (Å²) >= 11 is 1.43. The summed E-state index contributed by atoms with van der Waals surface area (Å²) in [6, 6.07) is 6.35. The summed E-state index contributed by atoms with van der Waals surface area (Å²) in [7, 11) is 0. The predicted octanol–water partition coefficient (Wildman–Crippen LogP) is 1.66. The average Bonchev–Trinajstić information content (AvgIpc) is 2.54. The number of rotatable bonds is 6. The van der Waals surface area contributed by atoms with Gasteiger partial charge in [-0.3, -0.25) is 9.59 Å². The first kappa shape index (κ1) is 17.1. The molecular weight excluding hydrogens is 316 g/mol. The molecule has 1 aliphatic rings. The monoisotopic (exact) mass is 334 g/mol. The Labute approximate surface area is 138 Å². The third-order valence-electron chi connectivity index (χ3n) is 3.35. The van der Waals surface area contributed by atoms with E-state index in [0.29, 0.717) is 5.69 Å². The largest absolute Gasteiger partial charge is 0.480 e. The molecule has 6 nitrogen and oxygen atoms in total. The van der Waals surface area contributed by atoms with E-state index in [-0.39, 0.29) is 24.6 Å².